The van der Waals surface area contributed by atoms with E-state index < -0.39 is 0 Å². The van der Waals surface area contributed by atoms with Gasteiger partial charge in [0.25, 0.3) is 5.91 Å². The molecule has 1 aliphatic rings. The number of thiocarbonyl (C=S) groups is 1. The molecule has 2 aromatic carbocycles. The summed E-state index contributed by atoms with van der Waals surface area (Å²) in [6.07, 6.45) is 1.73. The Hall–Kier alpha value is -2.09. The second-order valence-corrected chi connectivity index (χ2v) is 7.71. The number of carbonyl (C=O) groups is 1. The molecule has 1 saturated heterocycles. The smallest absolute Gasteiger partial charge is 0.276 e. The van der Waals surface area contributed by atoms with Crippen LogP contribution in [-0.2, 0) is 11.4 Å². The van der Waals surface area contributed by atoms with Crippen LogP contribution in [0.15, 0.2) is 46.6 Å². The van der Waals surface area contributed by atoms with Gasteiger partial charge >= 0.3 is 0 Å². The number of likely N-dealkylation sites (N-methyl/N-ethyl adjacent to an activating group) is 1. The third-order valence-electron chi connectivity index (χ3n) is 4.02. The summed E-state index contributed by atoms with van der Waals surface area (Å²) in [5.74, 6) is 0.999. The van der Waals surface area contributed by atoms with Crippen LogP contribution >= 0.6 is 39.7 Å². The van der Waals surface area contributed by atoms with Crippen molar-refractivity contribution in [3.05, 3.63) is 62.7 Å². The zero-order valence-electron chi connectivity index (χ0n) is 15.3. The summed E-state index contributed by atoms with van der Waals surface area (Å²) in [6, 6.07) is 11.2. The predicted octanol–water partition coefficient (Wildman–Crippen LogP) is 4.77. The molecule has 3 rings (SSSR count). The van der Waals surface area contributed by atoms with Gasteiger partial charge in [0.2, 0.25) is 0 Å². The van der Waals surface area contributed by atoms with Gasteiger partial charge < -0.3 is 14.8 Å². The molecule has 1 fully saturated rings. The summed E-state index contributed by atoms with van der Waals surface area (Å²) < 4.78 is 12.5. The van der Waals surface area contributed by atoms with Crippen LogP contribution in [0.2, 0.25) is 5.02 Å². The maximum absolute atomic E-state index is 12.2. The second-order valence-electron chi connectivity index (χ2n) is 6.03. The highest BCUT2D eigenvalue weighted by molar-refractivity contribution is 9.10. The first kappa shape index (κ1) is 20.6. The maximum atomic E-state index is 12.2. The Kier molecular flexibility index (Phi) is 6.59. The zero-order chi connectivity index (χ0) is 20.3. The largest absolute Gasteiger partial charge is 0.490 e. The van der Waals surface area contributed by atoms with Crippen LogP contribution in [0.5, 0.6) is 11.5 Å². The van der Waals surface area contributed by atoms with Crippen molar-refractivity contribution in [2.75, 3.05) is 13.7 Å². The van der Waals surface area contributed by atoms with Gasteiger partial charge in [0.05, 0.1) is 11.1 Å². The van der Waals surface area contributed by atoms with E-state index in [1.54, 1.807) is 13.1 Å². The lowest BCUT2D eigenvalue weighted by Gasteiger charge is -2.15. The van der Waals surface area contributed by atoms with E-state index in [1.165, 1.54) is 4.90 Å². The van der Waals surface area contributed by atoms with E-state index in [-0.39, 0.29) is 5.91 Å². The molecule has 0 unspecified atom stereocenters. The molecule has 2 aromatic rings. The highest BCUT2D eigenvalue weighted by atomic mass is 79.9. The summed E-state index contributed by atoms with van der Waals surface area (Å²) in [5.41, 5.74) is 2.18. The molecule has 1 aliphatic heterocycles. The number of halogens is 2. The molecule has 0 aliphatic carbocycles. The van der Waals surface area contributed by atoms with Gasteiger partial charge in [0.15, 0.2) is 16.6 Å². The van der Waals surface area contributed by atoms with Gasteiger partial charge in [-0.25, -0.2) is 0 Å². The second kappa shape index (κ2) is 8.94. The Morgan fingerprint density at radius 3 is 2.57 bits per heavy atom. The monoisotopic (exact) mass is 480 g/mol. The average Bonchev–Trinajstić information content (AvgIpc) is 2.89. The van der Waals surface area contributed by atoms with Gasteiger partial charge in [0, 0.05) is 12.1 Å². The highest BCUT2D eigenvalue weighted by Crippen LogP contribution is 2.38. The maximum Gasteiger partial charge on any atom is 0.276 e. The molecule has 5 nitrogen and oxygen atoms in total. The summed E-state index contributed by atoms with van der Waals surface area (Å²) in [7, 11) is 1.63. The quantitative estimate of drug-likeness (QED) is 0.476. The molecule has 0 radical (unpaired) electrons. The van der Waals surface area contributed by atoms with Crippen molar-refractivity contribution < 1.29 is 14.3 Å². The topological polar surface area (TPSA) is 50.8 Å². The highest BCUT2D eigenvalue weighted by Gasteiger charge is 2.27. The Morgan fingerprint density at radius 1 is 1.25 bits per heavy atom. The molecule has 0 aromatic heterocycles. The molecule has 0 bridgehead atoms. The predicted molar refractivity (Wildman–Crippen MR) is 118 cm³/mol. The third-order valence-corrected chi connectivity index (χ3v) is 5.24. The Morgan fingerprint density at radius 2 is 1.96 bits per heavy atom. The van der Waals surface area contributed by atoms with Crippen LogP contribution in [0.3, 0.4) is 0 Å². The molecular formula is C20H18BrClN2O3S. The van der Waals surface area contributed by atoms with Crippen molar-refractivity contribution >= 4 is 56.8 Å². The lowest BCUT2D eigenvalue weighted by Crippen LogP contribution is -2.25. The molecule has 1 heterocycles. The fraction of sp³-hybridized carbons (Fsp3) is 0.200. The van der Waals surface area contributed by atoms with E-state index >= 15 is 0 Å². The minimum absolute atomic E-state index is 0.179. The van der Waals surface area contributed by atoms with Crippen molar-refractivity contribution in [2.45, 2.75) is 13.5 Å². The number of nitrogens with one attached hydrogen (secondary N) is 1. The van der Waals surface area contributed by atoms with Gasteiger partial charge in [-0.15, -0.1) is 0 Å². The molecule has 1 amide bonds. The first-order valence-corrected chi connectivity index (χ1v) is 10.1. The van der Waals surface area contributed by atoms with Crippen molar-refractivity contribution in [3.63, 3.8) is 0 Å². The number of benzene rings is 2. The number of carbonyl (C=O) groups excluding carboxylic acids is 1. The summed E-state index contributed by atoms with van der Waals surface area (Å²) in [4.78, 5) is 13.6. The normalized spacial score (nSPS) is 15.1. The summed E-state index contributed by atoms with van der Waals surface area (Å²) >= 11 is 14.6. The minimum Gasteiger partial charge on any atom is -0.490 e. The zero-order valence-corrected chi connectivity index (χ0v) is 18.5. The molecule has 28 heavy (non-hydrogen) atoms. The van der Waals surface area contributed by atoms with E-state index in [0.717, 1.165) is 15.6 Å². The average molecular weight is 482 g/mol. The van der Waals surface area contributed by atoms with E-state index in [1.807, 2.05) is 43.3 Å². The standard InChI is InChI=1S/C20H18BrClN2O3S/c1-3-26-17-10-13(9-16-19(25)24(2)20(28)23-16)8-15(21)18(17)27-11-12-4-6-14(22)7-5-12/h4-10H,3,11H2,1-2H3,(H,23,28)/b16-9-. The van der Waals surface area contributed by atoms with Crippen LogP contribution in [0.25, 0.3) is 6.08 Å². The fourth-order valence-corrected chi connectivity index (χ4v) is 3.49. The molecule has 0 saturated carbocycles. The lowest BCUT2D eigenvalue weighted by molar-refractivity contribution is -0.121. The number of amides is 1. The molecule has 0 atom stereocenters. The summed E-state index contributed by atoms with van der Waals surface area (Å²) in [6.45, 7) is 2.75. The first-order valence-electron chi connectivity index (χ1n) is 8.53. The van der Waals surface area contributed by atoms with Crippen LogP contribution in [0.4, 0.5) is 0 Å². The Balaban J connectivity index is 1.86. The van der Waals surface area contributed by atoms with E-state index in [2.05, 4.69) is 21.2 Å². The van der Waals surface area contributed by atoms with Crippen molar-refractivity contribution in [3.8, 4) is 11.5 Å². The number of hydrogen-bond donors (Lipinski definition) is 1. The molecule has 0 spiro atoms. The van der Waals surface area contributed by atoms with Crippen molar-refractivity contribution in [2.24, 2.45) is 0 Å². The van der Waals surface area contributed by atoms with Crippen LogP contribution in [0, 0.1) is 0 Å². The third kappa shape index (κ3) is 4.66. The Bertz CT molecular complexity index is 947. The van der Waals surface area contributed by atoms with Gasteiger partial charge in [0.1, 0.15) is 12.3 Å². The van der Waals surface area contributed by atoms with E-state index in [0.29, 0.717) is 40.5 Å². The van der Waals surface area contributed by atoms with Crippen LogP contribution in [0.1, 0.15) is 18.1 Å². The minimum atomic E-state index is -0.179. The van der Waals surface area contributed by atoms with Crippen LogP contribution < -0.4 is 14.8 Å². The number of hydrogen-bond acceptors (Lipinski definition) is 4. The van der Waals surface area contributed by atoms with Gasteiger partial charge in [-0.2, -0.15) is 0 Å². The Labute approximate surface area is 182 Å². The number of nitrogens with zero attached hydrogens (tertiary/aromatic N) is 1. The van der Waals surface area contributed by atoms with E-state index in [9.17, 15) is 4.79 Å². The van der Waals surface area contributed by atoms with Crippen LogP contribution in [-0.4, -0.2) is 29.6 Å². The van der Waals surface area contributed by atoms with Crippen molar-refractivity contribution in [1.82, 2.24) is 10.2 Å². The molecule has 1 N–H and O–H groups in total. The summed E-state index contributed by atoms with van der Waals surface area (Å²) in [5, 5.41) is 3.97. The molecular weight excluding hydrogens is 464 g/mol. The van der Waals surface area contributed by atoms with Crippen molar-refractivity contribution in [1.29, 1.82) is 0 Å². The fourth-order valence-electron chi connectivity index (χ4n) is 2.60. The van der Waals surface area contributed by atoms with Gasteiger partial charge in [-0.1, -0.05) is 23.7 Å². The van der Waals surface area contributed by atoms with Gasteiger partial charge in [-0.3, -0.25) is 9.69 Å². The van der Waals surface area contributed by atoms with E-state index in [4.69, 9.17) is 33.3 Å². The molecule has 8 heteroatoms. The molecule has 146 valence electrons. The number of ether oxygens (including phenoxy) is 2. The first-order chi connectivity index (χ1) is 13.4. The SMILES string of the molecule is CCOc1cc(/C=C2\NC(=S)N(C)C2=O)cc(Br)c1OCc1ccc(Cl)cc1. The van der Waals surface area contributed by atoms with Gasteiger partial charge in [-0.05, 0) is 76.5 Å². The lowest BCUT2D eigenvalue weighted by atomic mass is 10.1. The number of rotatable bonds is 6.